The summed E-state index contributed by atoms with van der Waals surface area (Å²) in [6.07, 6.45) is 1.79. The van der Waals surface area contributed by atoms with Crippen molar-refractivity contribution in [2.45, 2.75) is 16.8 Å². The number of fused-ring (bicyclic) bond motifs is 1. The molecule has 0 atom stereocenters. The molecule has 3 rings (SSSR count). The van der Waals surface area contributed by atoms with E-state index in [0.29, 0.717) is 0 Å². The Balaban J connectivity index is 2.11. The standard InChI is InChI=1S/C14H14N4S/c1-9-8-13(18(2)17-9)19-12-6-5-11(15)10-4-3-7-16-14(10)12/h3-8H,15H2,1-2H3. The van der Waals surface area contributed by atoms with E-state index in [1.54, 1.807) is 18.0 Å². The van der Waals surface area contributed by atoms with Crippen molar-refractivity contribution in [1.82, 2.24) is 14.8 Å². The first-order valence-corrected chi connectivity index (χ1v) is 6.78. The number of anilines is 1. The van der Waals surface area contributed by atoms with E-state index >= 15 is 0 Å². The molecule has 0 saturated carbocycles. The molecule has 4 nitrogen and oxygen atoms in total. The van der Waals surface area contributed by atoms with E-state index in [1.165, 1.54) is 0 Å². The number of nitrogens with two attached hydrogens (primary N) is 1. The predicted molar refractivity (Wildman–Crippen MR) is 78.2 cm³/mol. The molecule has 0 aliphatic rings. The van der Waals surface area contributed by atoms with Gasteiger partial charge in [0.2, 0.25) is 0 Å². The van der Waals surface area contributed by atoms with Crippen molar-refractivity contribution >= 4 is 28.4 Å². The van der Waals surface area contributed by atoms with E-state index in [4.69, 9.17) is 5.73 Å². The predicted octanol–water partition coefficient (Wildman–Crippen LogP) is 3.01. The van der Waals surface area contributed by atoms with Crippen molar-refractivity contribution in [3.63, 3.8) is 0 Å². The van der Waals surface area contributed by atoms with Crippen LogP contribution in [0.1, 0.15) is 5.69 Å². The van der Waals surface area contributed by atoms with Crippen LogP contribution < -0.4 is 5.73 Å². The van der Waals surface area contributed by atoms with Crippen LogP contribution in [0.25, 0.3) is 10.9 Å². The molecule has 3 aromatic rings. The van der Waals surface area contributed by atoms with Gasteiger partial charge in [-0.1, -0.05) is 11.8 Å². The Kier molecular flexibility index (Phi) is 2.91. The molecule has 0 aliphatic carbocycles. The second-order valence-electron chi connectivity index (χ2n) is 4.40. The van der Waals surface area contributed by atoms with Crippen LogP contribution in [0.5, 0.6) is 0 Å². The molecule has 0 bridgehead atoms. The number of hydrogen-bond acceptors (Lipinski definition) is 4. The number of rotatable bonds is 2. The Morgan fingerprint density at radius 1 is 1.26 bits per heavy atom. The lowest BCUT2D eigenvalue weighted by Crippen LogP contribution is -1.93. The van der Waals surface area contributed by atoms with E-state index in [1.807, 2.05) is 42.9 Å². The molecule has 1 aromatic carbocycles. The molecule has 0 saturated heterocycles. The molecule has 96 valence electrons. The van der Waals surface area contributed by atoms with E-state index < -0.39 is 0 Å². The van der Waals surface area contributed by atoms with Crippen LogP contribution in [0.3, 0.4) is 0 Å². The maximum absolute atomic E-state index is 5.99. The zero-order valence-corrected chi connectivity index (χ0v) is 11.6. The quantitative estimate of drug-likeness (QED) is 0.727. The lowest BCUT2D eigenvalue weighted by atomic mass is 10.2. The summed E-state index contributed by atoms with van der Waals surface area (Å²) in [4.78, 5) is 5.53. The molecule has 5 heteroatoms. The fraction of sp³-hybridized carbons (Fsp3) is 0.143. The largest absolute Gasteiger partial charge is 0.398 e. The first-order chi connectivity index (χ1) is 9.15. The number of nitrogen functional groups attached to an aromatic ring is 1. The summed E-state index contributed by atoms with van der Waals surface area (Å²) in [5.74, 6) is 0. The fourth-order valence-electron chi connectivity index (χ4n) is 2.05. The topological polar surface area (TPSA) is 56.7 Å². The van der Waals surface area contributed by atoms with Crippen LogP contribution in [-0.4, -0.2) is 14.8 Å². The molecule has 0 fully saturated rings. The first kappa shape index (κ1) is 12.0. The molecule has 0 unspecified atom stereocenters. The van der Waals surface area contributed by atoms with Gasteiger partial charge in [-0.15, -0.1) is 0 Å². The Morgan fingerprint density at radius 2 is 2.11 bits per heavy atom. The second-order valence-corrected chi connectivity index (χ2v) is 5.46. The maximum Gasteiger partial charge on any atom is 0.0987 e. The zero-order valence-electron chi connectivity index (χ0n) is 10.8. The van der Waals surface area contributed by atoms with Crippen LogP contribution in [0.15, 0.2) is 46.5 Å². The third-order valence-corrected chi connectivity index (χ3v) is 4.08. The van der Waals surface area contributed by atoms with Crippen LogP contribution >= 0.6 is 11.8 Å². The summed E-state index contributed by atoms with van der Waals surface area (Å²) in [5, 5.41) is 6.44. The van der Waals surface area contributed by atoms with Gasteiger partial charge in [-0.2, -0.15) is 5.10 Å². The second kappa shape index (κ2) is 4.59. The molecule has 0 spiro atoms. The summed E-state index contributed by atoms with van der Waals surface area (Å²) in [6, 6.07) is 9.90. The summed E-state index contributed by atoms with van der Waals surface area (Å²) in [7, 11) is 1.95. The van der Waals surface area contributed by atoms with Gasteiger partial charge in [0.05, 0.1) is 16.2 Å². The maximum atomic E-state index is 5.99. The summed E-state index contributed by atoms with van der Waals surface area (Å²) in [5.41, 5.74) is 8.69. The summed E-state index contributed by atoms with van der Waals surface area (Å²) < 4.78 is 1.88. The number of benzene rings is 1. The Hall–Kier alpha value is -2.01. The summed E-state index contributed by atoms with van der Waals surface area (Å²) >= 11 is 1.66. The van der Waals surface area contributed by atoms with Crippen LogP contribution in [-0.2, 0) is 7.05 Å². The minimum Gasteiger partial charge on any atom is -0.398 e. The van der Waals surface area contributed by atoms with Crippen molar-refractivity contribution in [2.24, 2.45) is 7.05 Å². The van der Waals surface area contributed by atoms with E-state index in [2.05, 4.69) is 16.1 Å². The summed E-state index contributed by atoms with van der Waals surface area (Å²) in [6.45, 7) is 1.99. The fourth-order valence-corrected chi connectivity index (χ4v) is 3.07. The van der Waals surface area contributed by atoms with Crippen LogP contribution in [0.2, 0.25) is 0 Å². The monoisotopic (exact) mass is 270 g/mol. The zero-order chi connectivity index (χ0) is 13.4. The van der Waals surface area contributed by atoms with Gasteiger partial charge in [-0.05, 0) is 37.3 Å². The number of aryl methyl sites for hydroxylation is 2. The average Bonchev–Trinajstić information content (AvgIpc) is 2.72. The number of hydrogen-bond donors (Lipinski definition) is 1. The minimum atomic E-state index is 0.758. The molecular formula is C14H14N4S. The average molecular weight is 270 g/mol. The molecule has 0 amide bonds. The van der Waals surface area contributed by atoms with Gasteiger partial charge in [0.1, 0.15) is 0 Å². The Labute approximate surface area is 115 Å². The van der Waals surface area contributed by atoms with E-state index in [9.17, 15) is 0 Å². The van der Waals surface area contributed by atoms with Gasteiger partial charge >= 0.3 is 0 Å². The van der Waals surface area contributed by atoms with Crippen molar-refractivity contribution in [2.75, 3.05) is 5.73 Å². The number of nitrogens with zero attached hydrogens (tertiary/aromatic N) is 3. The first-order valence-electron chi connectivity index (χ1n) is 5.97. The van der Waals surface area contributed by atoms with Gasteiger partial charge in [0.25, 0.3) is 0 Å². The van der Waals surface area contributed by atoms with Crippen molar-refractivity contribution in [3.05, 3.63) is 42.2 Å². The highest BCUT2D eigenvalue weighted by atomic mass is 32.2. The van der Waals surface area contributed by atoms with Crippen LogP contribution in [0, 0.1) is 6.92 Å². The lowest BCUT2D eigenvalue weighted by molar-refractivity contribution is 0.692. The number of aromatic nitrogens is 3. The lowest BCUT2D eigenvalue weighted by Gasteiger charge is -2.07. The molecule has 0 radical (unpaired) electrons. The normalized spacial score (nSPS) is 11.1. The SMILES string of the molecule is Cc1cc(Sc2ccc(N)c3cccnc23)n(C)n1. The van der Waals surface area contributed by atoms with Gasteiger partial charge in [-0.3, -0.25) is 9.67 Å². The van der Waals surface area contributed by atoms with Gasteiger partial charge < -0.3 is 5.73 Å². The Bertz CT molecular complexity index is 748. The molecular weight excluding hydrogens is 256 g/mol. The molecule has 19 heavy (non-hydrogen) atoms. The van der Waals surface area contributed by atoms with Gasteiger partial charge in [-0.25, -0.2) is 0 Å². The highest BCUT2D eigenvalue weighted by molar-refractivity contribution is 7.99. The number of pyridine rings is 1. The van der Waals surface area contributed by atoms with Crippen molar-refractivity contribution in [1.29, 1.82) is 0 Å². The molecule has 2 N–H and O–H groups in total. The molecule has 2 aromatic heterocycles. The third kappa shape index (κ3) is 2.17. The molecule has 2 heterocycles. The molecule has 0 aliphatic heterocycles. The van der Waals surface area contributed by atoms with E-state index in [0.717, 1.165) is 32.2 Å². The third-order valence-electron chi connectivity index (χ3n) is 2.94. The van der Waals surface area contributed by atoms with Gasteiger partial charge in [0.15, 0.2) is 0 Å². The van der Waals surface area contributed by atoms with Gasteiger partial charge in [0, 0.05) is 29.2 Å². The Morgan fingerprint density at radius 3 is 2.84 bits per heavy atom. The highest BCUT2D eigenvalue weighted by Gasteiger charge is 2.09. The van der Waals surface area contributed by atoms with Crippen molar-refractivity contribution < 1.29 is 0 Å². The van der Waals surface area contributed by atoms with Crippen molar-refractivity contribution in [3.8, 4) is 0 Å². The minimum absolute atomic E-state index is 0.758. The van der Waals surface area contributed by atoms with Crippen LogP contribution in [0.4, 0.5) is 5.69 Å². The smallest absolute Gasteiger partial charge is 0.0987 e. The highest BCUT2D eigenvalue weighted by Crippen LogP contribution is 2.34. The van der Waals surface area contributed by atoms with E-state index in [-0.39, 0.29) is 0 Å².